The molecule has 25 heavy (non-hydrogen) atoms. The predicted molar refractivity (Wildman–Crippen MR) is 90.2 cm³/mol. The van der Waals surface area contributed by atoms with Crippen molar-refractivity contribution in [2.45, 2.75) is 26.9 Å². The van der Waals surface area contributed by atoms with Gasteiger partial charge in [-0.05, 0) is 19.4 Å². The van der Waals surface area contributed by atoms with E-state index in [1.54, 1.807) is 0 Å². The molecule has 4 rings (SSSR count). The lowest BCUT2D eigenvalue weighted by Gasteiger charge is -2.20. The number of carbonyl (C=O) groups excluding carboxylic acids is 2. The van der Waals surface area contributed by atoms with Gasteiger partial charge in [-0.3, -0.25) is 19.4 Å². The fourth-order valence-corrected chi connectivity index (χ4v) is 3.90. The summed E-state index contributed by atoms with van der Waals surface area (Å²) in [4.78, 5) is 29.1. The summed E-state index contributed by atoms with van der Waals surface area (Å²) in [6, 6.07) is 9.66. The fourth-order valence-electron chi connectivity index (χ4n) is 3.90. The molecule has 1 aromatic carbocycles. The summed E-state index contributed by atoms with van der Waals surface area (Å²) >= 11 is 0. The number of amides is 2. The van der Waals surface area contributed by atoms with Crippen LogP contribution in [0.5, 0.6) is 0 Å². The number of fused-ring (bicyclic) bond motifs is 1. The Bertz CT molecular complexity index is 771. The van der Waals surface area contributed by atoms with Crippen molar-refractivity contribution in [3.05, 3.63) is 52.9 Å². The third kappa shape index (κ3) is 2.76. The summed E-state index contributed by atoms with van der Waals surface area (Å²) in [6.07, 6.45) is 0. The highest BCUT2D eigenvalue weighted by atomic mass is 16.5. The Labute approximate surface area is 146 Å². The van der Waals surface area contributed by atoms with Gasteiger partial charge in [0.15, 0.2) is 0 Å². The van der Waals surface area contributed by atoms with Crippen molar-refractivity contribution < 1.29 is 14.1 Å². The molecule has 3 heterocycles. The molecule has 6 nitrogen and oxygen atoms in total. The summed E-state index contributed by atoms with van der Waals surface area (Å²) in [6.45, 7) is 6.09. The van der Waals surface area contributed by atoms with Crippen molar-refractivity contribution in [3.8, 4) is 0 Å². The molecule has 2 aliphatic rings. The van der Waals surface area contributed by atoms with E-state index in [-0.39, 0.29) is 23.7 Å². The van der Waals surface area contributed by atoms with E-state index < -0.39 is 0 Å². The number of benzene rings is 1. The highest BCUT2D eigenvalue weighted by Crippen LogP contribution is 2.35. The SMILES string of the molecule is Cc1noc(C)c1CN1CC2C(=O)N(Cc3ccccc3)C(=O)C2C1. The van der Waals surface area contributed by atoms with Crippen molar-refractivity contribution >= 4 is 11.8 Å². The van der Waals surface area contributed by atoms with Crippen molar-refractivity contribution in [1.29, 1.82) is 0 Å². The summed E-state index contributed by atoms with van der Waals surface area (Å²) in [5.41, 5.74) is 2.91. The highest BCUT2D eigenvalue weighted by molar-refractivity contribution is 6.05. The van der Waals surface area contributed by atoms with Crippen LogP contribution in [0.2, 0.25) is 0 Å². The second-order valence-corrected chi connectivity index (χ2v) is 6.96. The summed E-state index contributed by atoms with van der Waals surface area (Å²) in [5, 5.41) is 3.98. The summed E-state index contributed by atoms with van der Waals surface area (Å²) < 4.78 is 5.21. The standard InChI is InChI=1S/C19H21N3O3/c1-12-15(13(2)25-20-12)9-21-10-16-17(11-21)19(24)22(18(16)23)8-14-6-4-3-5-7-14/h3-7,16-17H,8-11H2,1-2H3. The first kappa shape index (κ1) is 16.0. The fraction of sp³-hybridized carbons (Fsp3) is 0.421. The van der Waals surface area contributed by atoms with Crippen LogP contribution in [0, 0.1) is 25.7 Å². The quantitative estimate of drug-likeness (QED) is 0.796. The molecule has 2 atom stereocenters. The van der Waals surface area contributed by atoms with Gasteiger partial charge in [0.2, 0.25) is 11.8 Å². The number of aryl methyl sites for hydroxylation is 2. The van der Waals surface area contributed by atoms with E-state index in [1.165, 1.54) is 4.90 Å². The minimum Gasteiger partial charge on any atom is -0.361 e. The first-order chi connectivity index (χ1) is 12.0. The number of aromatic nitrogens is 1. The van der Waals surface area contributed by atoms with Gasteiger partial charge in [-0.1, -0.05) is 35.5 Å². The molecule has 0 N–H and O–H groups in total. The van der Waals surface area contributed by atoms with E-state index >= 15 is 0 Å². The molecular weight excluding hydrogens is 318 g/mol. The van der Waals surface area contributed by atoms with Gasteiger partial charge in [0.1, 0.15) is 5.76 Å². The number of nitrogens with zero attached hydrogens (tertiary/aromatic N) is 3. The third-order valence-corrected chi connectivity index (χ3v) is 5.31. The van der Waals surface area contributed by atoms with Crippen LogP contribution in [-0.2, 0) is 22.7 Å². The lowest BCUT2D eigenvalue weighted by Crippen LogP contribution is -2.35. The van der Waals surface area contributed by atoms with E-state index in [1.807, 2.05) is 44.2 Å². The number of carbonyl (C=O) groups is 2. The third-order valence-electron chi connectivity index (χ3n) is 5.31. The Morgan fingerprint density at radius 1 is 1.04 bits per heavy atom. The molecule has 130 valence electrons. The monoisotopic (exact) mass is 339 g/mol. The molecular formula is C19H21N3O3. The number of likely N-dealkylation sites (tertiary alicyclic amines) is 2. The van der Waals surface area contributed by atoms with Gasteiger partial charge in [-0.2, -0.15) is 0 Å². The van der Waals surface area contributed by atoms with Gasteiger partial charge in [-0.15, -0.1) is 0 Å². The molecule has 2 fully saturated rings. The Morgan fingerprint density at radius 3 is 2.24 bits per heavy atom. The van der Waals surface area contributed by atoms with Gasteiger partial charge in [0.05, 0.1) is 24.1 Å². The zero-order chi connectivity index (χ0) is 17.6. The van der Waals surface area contributed by atoms with Gasteiger partial charge >= 0.3 is 0 Å². The van der Waals surface area contributed by atoms with Crippen LogP contribution in [0.1, 0.15) is 22.6 Å². The van der Waals surface area contributed by atoms with Gasteiger partial charge < -0.3 is 4.52 Å². The van der Waals surface area contributed by atoms with Crippen LogP contribution in [0.25, 0.3) is 0 Å². The molecule has 1 aromatic heterocycles. The molecule has 0 bridgehead atoms. The molecule has 2 saturated heterocycles. The normalized spacial score (nSPS) is 23.5. The second kappa shape index (κ2) is 6.11. The van der Waals surface area contributed by atoms with E-state index in [0.717, 1.165) is 22.6 Å². The minimum absolute atomic E-state index is 0.0416. The van der Waals surface area contributed by atoms with Crippen molar-refractivity contribution in [2.75, 3.05) is 13.1 Å². The molecule has 0 aliphatic carbocycles. The zero-order valence-electron chi connectivity index (χ0n) is 14.4. The average Bonchev–Trinajstić information content (AvgIpc) is 3.23. The maximum Gasteiger partial charge on any atom is 0.234 e. The Kier molecular flexibility index (Phi) is 3.92. The highest BCUT2D eigenvalue weighted by Gasteiger charge is 2.52. The summed E-state index contributed by atoms with van der Waals surface area (Å²) in [7, 11) is 0. The maximum absolute atomic E-state index is 12.7. The first-order valence-corrected chi connectivity index (χ1v) is 8.58. The van der Waals surface area contributed by atoms with E-state index in [4.69, 9.17) is 4.52 Å². The van der Waals surface area contributed by atoms with Crippen LogP contribution < -0.4 is 0 Å². The molecule has 2 amide bonds. The molecule has 0 radical (unpaired) electrons. The van der Waals surface area contributed by atoms with Gasteiger partial charge in [-0.25, -0.2) is 0 Å². The Morgan fingerprint density at radius 2 is 1.68 bits per heavy atom. The molecule has 2 aliphatic heterocycles. The molecule has 6 heteroatoms. The maximum atomic E-state index is 12.7. The van der Waals surface area contributed by atoms with Crippen LogP contribution in [0.3, 0.4) is 0 Å². The van der Waals surface area contributed by atoms with Gasteiger partial charge in [0, 0.05) is 25.2 Å². The van der Waals surface area contributed by atoms with Crippen LogP contribution in [0.15, 0.2) is 34.9 Å². The van der Waals surface area contributed by atoms with Crippen molar-refractivity contribution in [1.82, 2.24) is 15.0 Å². The molecule has 0 saturated carbocycles. The smallest absolute Gasteiger partial charge is 0.234 e. The molecule has 2 aromatic rings. The number of rotatable bonds is 4. The minimum atomic E-state index is -0.225. The topological polar surface area (TPSA) is 66.7 Å². The number of hydrogen-bond acceptors (Lipinski definition) is 5. The van der Waals surface area contributed by atoms with Crippen LogP contribution >= 0.6 is 0 Å². The Balaban J connectivity index is 1.46. The Hall–Kier alpha value is -2.47. The number of hydrogen-bond donors (Lipinski definition) is 0. The van der Waals surface area contributed by atoms with E-state index in [9.17, 15) is 9.59 Å². The molecule has 2 unspecified atom stereocenters. The largest absolute Gasteiger partial charge is 0.361 e. The number of imide groups is 1. The lowest BCUT2D eigenvalue weighted by molar-refractivity contribution is -0.141. The van der Waals surface area contributed by atoms with Gasteiger partial charge in [0.25, 0.3) is 0 Å². The van der Waals surface area contributed by atoms with Crippen molar-refractivity contribution in [2.24, 2.45) is 11.8 Å². The second-order valence-electron chi connectivity index (χ2n) is 6.96. The first-order valence-electron chi connectivity index (χ1n) is 8.58. The molecule has 0 spiro atoms. The van der Waals surface area contributed by atoms with Crippen molar-refractivity contribution in [3.63, 3.8) is 0 Å². The van der Waals surface area contributed by atoms with E-state index in [2.05, 4.69) is 10.1 Å². The summed E-state index contributed by atoms with van der Waals surface area (Å²) in [5.74, 6) is 0.270. The predicted octanol–water partition coefficient (Wildman–Crippen LogP) is 1.91. The van der Waals surface area contributed by atoms with Crippen LogP contribution in [0.4, 0.5) is 0 Å². The average molecular weight is 339 g/mol. The van der Waals surface area contributed by atoms with E-state index in [0.29, 0.717) is 26.2 Å². The zero-order valence-corrected chi connectivity index (χ0v) is 14.4. The lowest BCUT2D eigenvalue weighted by atomic mass is 10.00. The van der Waals surface area contributed by atoms with Crippen LogP contribution in [-0.4, -0.2) is 39.9 Å².